The Morgan fingerprint density at radius 2 is 1.82 bits per heavy atom. The highest BCUT2D eigenvalue weighted by Gasteiger charge is 2.32. The first-order valence-electron chi connectivity index (χ1n) is 12.6. The minimum absolute atomic E-state index is 0.0388. The first-order valence-corrected chi connectivity index (χ1v) is 13.4. The van der Waals surface area contributed by atoms with Crippen LogP contribution in [0.2, 0.25) is 10.0 Å². The summed E-state index contributed by atoms with van der Waals surface area (Å²) in [4.78, 5) is 12.4. The van der Waals surface area contributed by atoms with Crippen LogP contribution in [-0.2, 0) is 4.79 Å². The van der Waals surface area contributed by atoms with Crippen LogP contribution in [0.25, 0.3) is 0 Å². The van der Waals surface area contributed by atoms with E-state index >= 15 is 0 Å². The first-order chi connectivity index (χ1) is 19.3. The minimum Gasteiger partial charge on any atom is -0.493 e. The summed E-state index contributed by atoms with van der Waals surface area (Å²) in [6, 6.07) is 17.2. The van der Waals surface area contributed by atoms with E-state index in [1.54, 1.807) is 37.4 Å². The minimum atomic E-state index is -0.654. The molecule has 0 aliphatic carbocycles. The lowest BCUT2D eigenvalue weighted by Crippen LogP contribution is -2.22. The second-order valence-electron chi connectivity index (χ2n) is 8.93. The van der Waals surface area contributed by atoms with Crippen molar-refractivity contribution in [2.75, 3.05) is 20.3 Å². The Labute approximate surface area is 242 Å². The van der Waals surface area contributed by atoms with Gasteiger partial charge in [0.15, 0.2) is 18.1 Å². The van der Waals surface area contributed by atoms with Gasteiger partial charge >= 0.3 is 5.97 Å². The van der Waals surface area contributed by atoms with E-state index in [1.807, 2.05) is 18.2 Å². The van der Waals surface area contributed by atoms with Crippen LogP contribution in [-0.4, -0.2) is 26.3 Å². The van der Waals surface area contributed by atoms with Crippen molar-refractivity contribution >= 4 is 29.2 Å². The van der Waals surface area contributed by atoms with Gasteiger partial charge in [-0.15, -0.1) is 0 Å². The lowest BCUT2D eigenvalue weighted by Gasteiger charge is -2.27. The molecule has 3 aromatic carbocycles. The van der Waals surface area contributed by atoms with Crippen LogP contribution < -0.4 is 29.4 Å². The van der Waals surface area contributed by atoms with Gasteiger partial charge in [0.25, 0.3) is 0 Å². The number of methoxy groups -OCH3 is 1. The summed E-state index contributed by atoms with van der Waals surface area (Å²) in [7, 11) is 1.57. The fourth-order valence-electron chi connectivity index (χ4n) is 4.25. The molecule has 0 amide bonds. The Morgan fingerprint density at radius 3 is 2.55 bits per heavy atom. The number of unbranched alkanes of at least 4 members (excludes halogenated alkanes) is 2. The van der Waals surface area contributed by atoms with Gasteiger partial charge in [-0.05, 0) is 48.4 Å². The number of fused-ring (bicyclic) bond motifs is 1. The van der Waals surface area contributed by atoms with E-state index in [-0.39, 0.29) is 28.8 Å². The molecule has 2 N–H and O–H groups in total. The van der Waals surface area contributed by atoms with E-state index < -0.39 is 11.9 Å². The van der Waals surface area contributed by atoms with Crippen LogP contribution in [0, 0.1) is 11.3 Å². The molecule has 0 bridgehead atoms. The van der Waals surface area contributed by atoms with E-state index in [0.29, 0.717) is 40.2 Å². The Balaban J connectivity index is 1.54. The van der Waals surface area contributed by atoms with Gasteiger partial charge in [0.2, 0.25) is 5.88 Å². The van der Waals surface area contributed by atoms with E-state index in [0.717, 1.165) is 24.8 Å². The Morgan fingerprint density at radius 1 is 1.02 bits per heavy atom. The van der Waals surface area contributed by atoms with Crippen LogP contribution in [0.5, 0.6) is 28.7 Å². The summed E-state index contributed by atoms with van der Waals surface area (Å²) in [5.74, 6) is 0.814. The van der Waals surface area contributed by atoms with Gasteiger partial charge in [0.1, 0.15) is 28.9 Å². The topological polar surface area (TPSA) is 113 Å². The average molecular weight is 583 g/mol. The Bertz CT molecular complexity index is 1470. The molecule has 4 rings (SSSR count). The van der Waals surface area contributed by atoms with Gasteiger partial charge in [-0.1, -0.05) is 55.1 Å². The lowest BCUT2D eigenvalue weighted by atomic mass is 9.83. The number of allylic oxidation sites excluding steroid dienone is 1. The maximum absolute atomic E-state index is 12.4. The first kappa shape index (κ1) is 28.9. The van der Waals surface area contributed by atoms with Crippen LogP contribution >= 0.6 is 23.2 Å². The molecule has 40 heavy (non-hydrogen) atoms. The van der Waals surface area contributed by atoms with Crippen LogP contribution in [0.4, 0.5) is 0 Å². The van der Waals surface area contributed by atoms with Crippen LogP contribution in [0.1, 0.15) is 43.2 Å². The molecule has 8 nitrogen and oxygen atoms in total. The Hall–Kier alpha value is -4.06. The predicted molar refractivity (Wildman–Crippen MR) is 151 cm³/mol. The highest BCUT2D eigenvalue weighted by atomic mass is 35.5. The maximum Gasteiger partial charge on any atom is 0.349 e. The average Bonchev–Trinajstić information content (AvgIpc) is 2.94. The predicted octanol–water partition coefficient (Wildman–Crippen LogP) is 6.77. The number of benzene rings is 3. The number of hydrogen-bond donors (Lipinski definition) is 1. The summed E-state index contributed by atoms with van der Waals surface area (Å²) in [5, 5.41) is 10.6. The molecular formula is C30H28Cl2N2O6. The van der Waals surface area contributed by atoms with Crippen molar-refractivity contribution in [2.24, 2.45) is 5.73 Å². The fraction of sp³-hybridized carbons (Fsp3) is 0.267. The molecule has 1 aliphatic rings. The number of hydrogen-bond acceptors (Lipinski definition) is 8. The number of nitriles is 1. The summed E-state index contributed by atoms with van der Waals surface area (Å²) >= 11 is 12.0. The summed E-state index contributed by atoms with van der Waals surface area (Å²) in [6.45, 7) is 2.34. The number of nitrogens with zero attached hydrogens (tertiary/aromatic N) is 1. The van der Waals surface area contributed by atoms with Crippen molar-refractivity contribution < 1.29 is 28.5 Å². The SMILES string of the molecule is CCCCCOc1ccc(C2C(C#N)=C(N)Oc3cc(OC(=O)COc4ccc(Cl)cc4Cl)ccc32)cc1OC. The third-order valence-corrected chi connectivity index (χ3v) is 6.72. The summed E-state index contributed by atoms with van der Waals surface area (Å²) in [5.41, 5.74) is 7.84. The zero-order valence-corrected chi connectivity index (χ0v) is 23.6. The number of esters is 1. The van der Waals surface area contributed by atoms with Gasteiger partial charge < -0.3 is 29.4 Å². The number of carbonyl (C=O) groups is 1. The van der Waals surface area contributed by atoms with Crippen LogP contribution in [0.15, 0.2) is 66.1 Å². The van der Waals surface area contributed by atoms with Crippen molar-refractivity contribution in [2.45, 2.75) is 32.1 Å². The molecule has 0 spiro atoms. The number of carbonyl (C=O) groups excluding carboxylic acids is 1. The van der Waals surface area contributed by atoms with E-state index in [9.17, 15) is 10.1 Å². The molecule has 1 heterocycles. The van der Waals surface area contributed by atoms with Gasteiger partial charge in [-0.2, -0.15) is 5.26 Å². The number of nitrogens with two attached hydrogens (primary N) is 1. The molecule has 1 atom stereocenters. The molecule has 0 fully saturated rings. The third kappa shape index (κ3) is 6.74. The number of rotatable bonds is 11. The van der Waals surface area contributed by atoms with Gasteiger partial charge in [0, 0.05) is 16.7 Å². The van der Waals surface area contributed by atoms with E-state index in [4.69, 9.17) is 52.6 Å². The molecule has 1 aliphatic heterocycles. The highest BCUT2D eigenvalue weighted by Crippen LogP contribution is 2.45. The van der Waals surface area contributed by atoms with E-state index in [2.05, 4.69) is 13.0 Å². The smallest absolute Gasteiger partial charge is 0.349 e. The van der Waals surface area contributed by atoms with Crippen molar-refractivity contribution in [1.29, 1.82) is 5.26 Å². The summed E-state index contributed by atoms with van der Waals surface area (Å²) in [6.07, 6.45) is 3.12. The lowest BCUT2D eigenvalue weighted by molar-refractivity contribution is -0.136. The normalized spacial score (nSPS) is 14.0. The van der Waals surface area contributed by atoms with Crippen molar-refractivity contribution in [3.63, 3.8) is 0 Å². The molecule has 0 aromatic heterocycles. The molecule has 0 saturated carbocycles. The summed E-state index contributed by atoms with van der Waals surface area (Å²) < 4.78 is 28.1. The van der Waals surface area contributed by atoms with Gasteiger partial charge in [-0.3, -0.25) is 0 Å². The van der Waals surface area contributed by atoms with Gasteiger partial charge in [0.05, 0.1) is 24.7 Å². The molecule has 0 saturated heterocycles. The molecule has 1 unspecified atom stereocenters. The standard InChI is InChI=1S/C30H28Cl2N2O6/c1-3-4-5-12-37-25-10-6-18(13-27(25)36-2)29-21-9-8-20(15-26(21)40-30(34)22(29)16-33)39-28(35)17-38-24-11-7-19(31)14-23(24)32/h6-11,13-15,29H,3-5,12,17,34H2,1-2H3. The molecule has 0 radical (unpaired) electrons. The Kier molecular flexibility index (Phi) is 9.65. The quantitative estimate of drug-likeness (QED) is 0.149. The molecule has 208 valence electrons. The molecular weight excluding hydrogens is 555 g/mol. The highest BCUT2D eigenvalue weighted by molar-refractivity contribution is 6.35. The monoisotopic (exact) mass is 582 g/mol. The van der Waals surface area contributed by atoms with Gasteiger partial charge in [-0.25, -0.2) is 4.79 Å². The molecule has 10 heteroatoms. The van der Waals surface area contributed by atoms with Crippen LogP contribution in [0.3, 0.4) is 0 Å². The zero-order chi connectivity index (χ0) is 28.6. The largest absolute Gasteiger partial charge is 0.493 e. The van der Waals surface area contributed by atoms with Crippen molar-refractivity contribution in [1.82, 2.24) is 0 Å². The second-order valence-corrected chi connectivity index (χ2v) is 9.77. The van der Waals surface area contributed by atoms with E-state index in [1.165, 1.54) is 6.07 Å². The zero-order valence-electron chi connectivity index (χ0n) is 22.0. The second kappa shape index (κ2) is 13.3. The fourth-order valence-corrected chi connectivity index (χ4v) is 4.71. The van der Waals surface area contributed by atoms with Crippen molar-refractivity contribution in [3.05, 3.63) is 87.2 Å². The number of ether oxygens (including phenoxy) is 5. The maximum atomic E-state index is 12.4. The molecule has 3 aromatic rings. The third-order valence-electron chi connectivity index (χ3n) is 6.19. The number of halogens is 2. The van der Waals surface area contributed by atoms with Crippen molar-refractivity contribution in [3.8, 4) is 34.8 Å².